The zero-order valence-corrected chi connectivity index (χ0v) is 11.6. The highest BCUT2D eigenvalue weighted by atomic mass is 32.2. The first-order valence-corrected chi connectivity index (χ1v) is 7.58. The van der Waals surface area contributed by atoms with Gasteiger partial charge >= 0.3 is 0 Å². The van der Waals surface area contributed by atoms with E-state index in [9.17, 15) is 9.32 Å². The average Bonchev–Trinajstić information content (AvgIpc) is 2.31. The van der Waals surface area contributed by atoms with Crippen molar-refractivity contribution in [2.45, 2.75) is 26.9 Å². The first-order valence-electron chi connectivity index (χ1n) is 6.10. The van der Waals surface area contributed by atoms with Crippen LogP contribution in [0.1, 0.15) is 20.8 Å². The molecule has 0 aromatic rings. The summed E-state index contributed by atoms with van der Waals surface area (Å²) in [5.74, 6) is 1.39. The molecule has 0 saturated carbocycles. The van der Waals surface area contributed by atoms with Crippen molar-refractivity contribution in [1.82, 2.24) is 10.2 Å². The molecule has 0 aromatic carbocycles. The van der Waals surface area contributed by atoms with Gasteiger partial charge in [0.2, 0.25) is 0 Å². The van der Waals surface area contributed by atoms with Crippen LogP contribution >= 0.6 is 0 Å². The lowest BCUT2D eigenvalue weighted by molar-refractivity contribution is 0.117. The monoisotopic (exact) mass is 250 g/mol. The van der Waals surface area contributed by atoms with Crippen LogP contribution in [-0.2, 0) is 10.8 Å². The molecule has 16 heavy (non-hydrogen) atoms. The maximum atomic E-state index is 11.1. The van der Waals surface area contributed by atoms with E-state index in [2.05, 4.69) is 24.1 Å². The van der Waals surface area contributed by atoms with Crippen LogP contribution < -0.4 is 5.32 Å². The molecule has 98 valence electrons. The van der Waals surface area contributed by atoms with Crippen LogP contribution in [0.4, 0.5) is 0 Å². The maximum Gasteiger partial charge on any atom is 0.0791 e. The molecule has 0 radical (unpaired) electrons. The van der Waals surface area contributed by atoms with Crippen LogP contribution in [0.25, 0.3) is 0 Å². The van der Waals surface area contributed by atoms with E-state index in [4.69, 9.17) is 0 Å². The van der Waals surface area contributed by atoms with E-state index in [1.54, 1.807) is 0 Å². The Balaban J connectivity index is 3.49. The van der Waals surface area contributed by atoms with Gasteiger partial charge in [-0.2, -0.15) is 0 Å². The Morgan fingerprint density at radius 2 is 1.94 bits per heavy atom. The maximum absolute atomic E-state index is 11.1. The molecule has 2 unspecified atom stereocenters. The fourth-order valence-electron chi connectivity index (χ4n) is 1.44. The van der Waals surface area contributed by atoms with E-state index < -0.39 is 10.8 Å². The molecule has 0 aliphatic carbocycles. The third kappa shape index (κ3) is 8.21. The highest BCUT2D eigenvalue weighted by molar-refractivity contribution is 7.84. The molecular weight excluding hydrogens is 224 g/mol. The van der Waals surface area contributed by atoms with Gasteiger partial charge in [0.1, 0.15) is 0 Å². The number of rotatable bonds is 10. The Morgan fingerprint density at radius 3 is 2.44 bits per heavy atom. The molecular formula is C11H26N2O2S. The molecule has 0 aromatic heterocycles. The molecule has 4 nitrogen and oxygen atoms in total. The lowest BCUT2D eigenvalue weighted by atomic mass is 10.3. The molecule has 0 amide bonds. The minimum Gasteiger partial charge on any atom is -0.390 e. The lowest BCUT2D eigenvalue weighted by Crippen LogP contribution is -2.39. The first-order chi connectivity index (χ1) is 7.63. The van der Waals surface area contributed by atoms with Crippen LogP contribution in [0.3, 0.4) is 0 Å². The zero-order valence-electron chi connectivity index (χ0n) is 10.7. The minimum atomic E-state index is -0.710. The topological polar surface area (TPSA) is 52.6 Å². The van der Waals surface area contributed by atoms with Gasteiger partial charge in [-0.1, -0.05) is 20.8 Å². The van der Waals surface area contributed by atoms with Crippen molar-refractivity contribution < 1.29 is 9.32 Å². The van der Waals surface area contributed by atoms with Crippen molar-refractivity contribution in [3.05, 3.63) is 0 Å². The van der Waals surface area contributed by atoms with Crippen LogP contribution in [0, 0.1) is 0 Å². The van der Waals surface area contributed by atoms with Crippen LogP contribution in [0.5, 0.6) is 0 Å². The van der Waals surface area contributed by atoms with Crippen molar-refractivity contribution in [3.63, 3.8) is 0 Å². The predicted molar refractivity (Wildman–Crippen MR) is 70.2 cm³/mol. The number of hydrogen-bond acceptors (Lipinski definition) is 4. The molecule has 0 rings (SSSR count). The van der Waals surface area contributed by atoms with Crippen molar-refractivity contribution in [2.75, 3.05) is 44.2 Å². The van der Waals surface area contributed by atoms with Gasteiger partial charge < -0.3 is 15.3 Å². The van der Waals surface area contributed by atoms with Crippen LogP contribution in [0.15, 0.2) is 0 Å². The zero-order chi connectivity index (χ0) is 12.4. The smallest absolute Gasteiger partial charge is 0.0791 e. The van der Waals surface area contributed by atoms with Gasteiger partial charge in [-0.3, -0.25) is 4.21 Å². The summed E-state index contributed by atoms with van der Waals surface area (Å²) in [6.45, 7) is 10.0. The Bertz CT molecular complexity index is 187. The predicted octanol–water partition coefficient (Wildman–Crippen LogP) is 0.0473. The SMILES string of the molecule is CCN(CC)CC(O)CNCCS(=O)CC. The highest BCUT2D eigenvalue weighted by Crippen LogP contribution is 1.91. The Hall–Kier alpha value is 0.0300. The van der Waals surface area contributed by atoms with Crippen molar-refractivity contribution >= 4 is 10.8 Å². The summed E-state index contributed by atoms with van der Waals surface area (Å²) < 4.78 is 11.1. The molecule has 2 N–H and O–H groups in total. The third-order valence-corrected chi connectivity index (χ3v) is 3.88. The van der Waals surface area contributed by atoms with Crippen LogP contribution in [0.2, 0.25) is 0 Å². The first kappa shape index (κ1) is 16.0. The molecule has 2 atom stereocenters. The Morgan fingerprint density at radius 1 is 1.31 bits per heavy atom. The molecule has 0 bridgehead atoms. The van der Waals surface area contributed by atoms with E-state index in [1.165, 1.54) is 0 Å². The number of aliphatic hydroxyl groups is 1. The molecule has 0 fully saturated rings. The van der Waals surface area contributed by atoms with Crippen LogP contribution in [-0.4, -0.2) is 64.5 Å². The van der Waals surface area contributed by atoms with Gasteiger partial charge in [0.05, 0.1) is 6.10 Å². The van der Waals surface area contributed by atoms with Gasteiger partial charge in [0.25, 0.3) is 0 Å². The standard InChI is InChI=1S/C11H26N2O2S/c1-4-13(5-2)10-11(14)9-12-7-8-16(15)6-3/h11-12,14H,4-10H2,1-3H3. The largest absolute Gasteiger partial charge is 0.390 e. The van der Waals surface area contributed by atoms with Gasteiger partial charge in [-0.25, -0.2) is 0 Å². The number of aliphatic hydroxyl groups excluding tert-OH is 1. The molecule has 5 heteroatoms. The van der Waals surface area contributed by atoms with Gasteiger partial charge in [-0.05, 0) is 13.1 Å². The van der Waals surface area contributed by atoms with E-state index in [0.29, 0.717) is 24.6 Å². The van der Waals surface area contributed by atoms with Crippen molar-refractivity contribution in [3.8, 4) is 0 Å². The number of nitrogens with zero attached hydrogens (tertiary/aromatic N) is 1. The summed E-state index contributed by atoms with van der Waals surface area (Å²) in [7, 11) is -0.710. The lowest BCUT2D eigenvalue weighted by Gasteiger charge is -2.21. The fraction of sp³-hybridized carbons (Fsp3) is 1.00. The molecule has 0 heterocycles. The normalized spacial score (nSPS) is 15.3. The number of hydrogen-bond donors (Lipinski definition) is 2. The summed E-state index contributed by atoms with van der Waals surface area (Å²) in [5, 5.41) is 12.9. The molecule has 0 saturated heterocycles. The summed E-state index contributed by atoms with van der Waals surface area (Å²) in [4.78, 5) is 2.19. The Kier molecular flexibility index (Phi) is 10.2. The second kappa shape index (κ2) is 10.2. The summed E-state index contributed by atoms with van der Waals surface area (Å²) in [6.07, 6.45) is -0.338. The summed E-state index contributed by atoms with van der Waals surface area (Å²) >= 11 is 0. The van der Waals surface area contributed by atoms with Gasteiger partial charge in [0, 0.05) is 41.9 Å². The molecule has 0 aliphatic heterocycles. The van der Waals surface area contributed by atoms with Gasteiger partial charge in [0.15, 0.2) is 0 Å². The quantitative estimate of drug-likeness (QED) is 0.538. The van der Waals surface area contributed by atoms with E-state index in [0.717, 1.165) is 19.6 Å². The third-order valence-electron chi connectivity index (χ3n) is 2.57. The summed E-state index contributed by atoms with van der Waals surface area (Å²) in [5.41, 5.74) is 0. The van der Waals surface area contributed by atoms with E-state index >= 15 is 0 Å². The minimum absolute atomic E-state index is 0.338. The molecule has 0 aliphatic rings. The van der Waals surface area contributed by atoms with E-state index in [-0.39, 0.29) is 6.10 Å². The van der Waals surface area contributed by atoms with E-state index in [1.807, 2.05) is 6.92 Å². The van der Waals surface area contributed by atoms with Crippen molar-refractivity contribution in [1.29, 1.82) is 0 Å². The average molecular weight is 250 g/mol. The highest BCUT2D eigenvalue weighted by Gasteiger charge is 2.08. The molecule has 0 spiro atoms. The van der Waals surface area contributed by atoms with Gasteiger partial charge in [-0.15, -0.1) is 0 Å². The summed E-state index contributed by atoms with van der Waals surface area (Å²) in [6, 6.07) is 0. The Labute approximate surface area is 102 Å². The number of likely N-dealkylation sites (N-methyl/N-ethyl adjacent to an activating group) is 1. The van der Waals surface area contributed by atoms with Crippen molar-refractivity contribution in [2.24, 2.45) is 0 Å². The second-order valence-corrected chi connectivity index (χ2v) is 5.64. The fourth-order valence-corrected chi connectivity index (χ4v) is 2.10. The number of nitrogens with one attached hydrogen (secondary N) is 1. The second-order valence-electron chi connectivity index (χ2n) is 3.78.